The van der Waals surface area contributed by atoms with Gasteiger partial charge in [0.25, 0.3) is 5.91 Å². The van der Waals surface area contributed by atoms with Crippen LogP contribution in [-0.2, 0) is 4.79 Å². The molecule has 8 heteroatoms. The van der Waals surface area contributed by atoms with E-state index in [1.165, 1.54) is 0 Å². The van der Waals surface area contributed by atoms with Crippen molar-refractivity contribution in [2.24, 2.45) is 5.73 Å². The zero-order valence-corrected chi connectivity index (χ0v) is 14.3. The van der Waals surface area contributed by atoms with E-state index in [4.69, 9.17) is 28.9 Å². The predicted molar refractivity (Wildman–Crippen MR) is 89.8 cm³/mol. The number of hydrogen-bond donors (Lipinski definition) is 2. The molecule has 2 atom stereocenters. The third-order valence-electron chi connectivity index (χ3n) is 3.45. The number of carbonyl (C=O) groups excluding carboxylic acids is 2. The first-order valence-electron chi connectivity index (χ1n) is 6.69. The standard InChI is InChI=1S/C14H17Cl2N3O2.ClH/c1-8(14(21)19-6-5-9(17)7-19)18-13(20)10-3-2-4-11(15)12(10)16;/h2-4,8-9H,5-7,17H2,1H3,(H,18,20);1H/t8?,9-;/m1./s1. The van der Waals surface area contributed by atoms with E-state index in [0.717, 1.165) is 6.42 Å². The minimum atomic E-state index is -0.641. The topological polar surface area (TPSA) is 75.4 Å². The molecule has 0 radical (unpaired) electrons. The highest BCUT2D eigenvalue weighted by Gasteiger charge is 2.28. The van der Waals surface area contributed by atoms with E-state index in [0.29, 0.717) is 18.1 Å². The van der Waals surface area contributed by atoms with Crippen LogP contribution >= 0.6 is 35.6 Å². The molecule has 1 aromatic carbocycles. The van der Waals surface area contributed by atoms with Crippen molar-refractivity contribution in [3.63, 3.8) is 0 Å². The monoisotopic (exact) mass is 365 g/mol. The molecule has 0 spiro atoms. The van der Waals surface area contributed by atoms with Crippen LogP contribution in [0.1, 0.15) is 23.7 Å². The first-order chi connectivity index (χ1) is 9.90. The largest absolute Gasteiger partial charge is 0.340 e. The molecule has 0 aromatic heterocycles. The Morgan fingerprint density at radius 1 is 1.41 bits per heavy atom. The lowest BCUT2D eigenvalue weighted by Gasteiger charge is -2.21. The summed E-state index contributed by atoms with van der Waals surface area (Å²) < 4.78 is 0. The number of hydrogen-bond acceptors (Lipinski definition) is 3. The summed E-state index contributed by atoms with van der Waals surface area (Å²) in [7, 11) is 0. The fraction of sp³-hybridized carbons (Fsp3) is 0.429. The molecule has 1 aromatic rings. The highest BCUT2D eigenvalue weighted by Crippen LogP contribution is 2.25. The van der Waals surface area contributed by atoms with E-state index in [-0.39, 0.29) is 34.9 Å². The van der Waals surface area contributed by atoms with Crippen molar-refractivity contribution in [3.8, 4) is 0 Å². The van der Waals surface area contributed by atoms with E-state index >= 15 is 0 Å². The van der Waals surface area contributed by atoms with Crippen molar-refractivity contribution in [3.05, 3.63) is 33.8 Å². The Morgan fingerprint density at radius 2 is 2.09 bits per heavy atom. The van der Waals surface area contributed by atoms with Crippen LogP contribution in [0.4, 0.5) is 0 Å². The number of benzene rings is 1. The molecule has 1 fully saturated rings. The maximum Gasteiger partial charge on any atom is 0.253 e. The molecule has 1 unspecified atom stereocenters. The van der Waals surface area contributed by atoms with Crippen molar-refractivity contribution in [2.45, 2.75) is 25.4 Å². The zero-order chi connectivity index (χ0) is 15.6. The van der Waals surface area contributed by atoms with Crippen molar-refractivity contribution in [2.75, 3.05) is 13.1 Å². The number of halogens is 3. The second-order valence-electron chi connectivity index (χ2n) is 5.13. The Labute approximate surface area is 145 Å². The minimum absolute atomic E-state index is 0. The fourth-order valence-electron chi connectivity index (χ4n) is 2.28. The highest BCUT2D eigenvalue weighted by atomic mass is 35.5. The van der Waals surface area contributed by atoms with Gasteiger partial charge in [0.1, 0.15) is 6.04 Å². The summed E-state index contributed by atoms with van der Waals surface area (Å²) in [4.78, 5) is 26.0. The van der Waals surface area contributed by atoms with E-state index in [2.05, 4.69) is 5.32 Å². The lowest BCUT2D eigenvalue weighted by atomic mass is 10.2. The van der Waals surface area contributed by atoms with Crippen LogP contribution in [0.15, 0.2) is 18.2 Å². The first kappa shape index (κ1) is 19.0. The molecule has 2 amide bonds. The van der Waals surface area contributed by atoms with Crippen LogP contribution in [0.2, 0.25) is 10.0 Å². The summed E-state index contributed by atoms with van der Waals surface area (Å²) in [5.74, 6) is -0.568. The first-order valence-corrected chi connectivity index (χ1v) is 7.45. The van der Waals surface area contributed by atoms with Crippen molar-refractivity contribution in [1.29, 1.82) is 0 Å². The van der Waals surface area contributed by atoms with Gasteiger partial charge in [0.05, 0.1) is 15.6 Å². The molecule has 2 rings (SSSR count). The van der Waals surface area contributed by atoms with Gasteiger partial charge in [-0.2, -0.15) is 0 Å². The predicted octanol–water partition coefficient (Wildman–Crippen LogP) is 2.09. The summed E-state index contributed by atoms with van der Waals surface area (Å²) in [5.41, 5.74) is 6.03. The van der Waals surface area contributed by atoms with E-state index < -0.39 is 11.9 Å². The molecule has 22 heavy (non-hydrogen) atoms. The molecule has 5 nitrogen and oxygen atoms in total. The molecular weight excluding hydrogens is 349 g/mol. The number of nitrogens with two attached hydrogens (primary N) is 1. The second-order valence-corrected chi connectivity index (χ2v) is 5.91. The summed E-state index contributed by atoms with van der Waals surface area (Å²) in [5, 5.41) is 3.12. The quantitative estimate of drug-likeness (QED) is 0.860. The van der Waals surface area contributed by atoms with Crippen LogP contribution in [-0.4, -0.2) is 41.9 Å². The third-order valence-corrected chi connectivity index (χ3v) is 4.27. The number of amides is 2. The normalized spacial score (nSPS) is 18.5. The Kier molecular flexibility index (Phi) is 6.94. The van der Waals surface area contributed by atoms with Gasteiger partial charge in [-0.25, -0.2) is 0 Å². The van der Waals surface area contributed by atoms with Gasteiger partial charge < -0.3 is 16.0 Å². The summed E-state index contributed by atoms with van der Waals surface area (Å²) in [6.45, 7) is 2.79. The average molecular weight is 367 g/mol. The SMILES string of the molecule is CC(NC(=O)c1cccc(Cl)c1Cl)C(=O)N1CC[C@@H](N)C1.Cl. The smallest absolute Gasteiger partial charge is 0.253 e. The number of carbonyl (C=O) groups is 2. The van der Waals surface area contributed by atoms with Crippen molar-refractivity contribution >= 4 is 47.4 Å². The van der Waals surface area contributed by atoms with Gasteiger partial charge in [-0.1, -0.05) is 29.3 Å². The van der Waals surface area contributed by atoms with Crippen LogP contribution in [0.5, 0.6) is 0 Å². The Balaban J connectivity index is 0.00000242. The summed E-state index contributed by atoms with van der Waals surface area (Å²) >= 11 is 11.9. The molecule has 0 bridgehead atoms. The number of nitrogens with zero attached hydrogens (tertiary/aromatic N) is 1. The maximum absolute atomic E-state index is 12.2. The fourth-order valence-corrected chi connectivity index (χ4v) is 2.66. The highest BCUT2D eigenvalue weighted by molar-refractivity contribution is 6.43. The number of rotatable bonds is 3. The maximum atomic E-state index is 12.2. The molecule has 0 saturated carbocycles. The number of likely N-dealkylation sites (tertiary alicyclic amines) is 1. The molecule has 0 aliphatic carbocycles. The van der Waals surface area contributed by atoms with Gasteiger partial charge in [-0.15, -0.1) is 12.4 Å². The molecule has 122 valence electrons. The van der Waals surface area contributed by atoms with Crippen molar-refractivity contribution in [1.82, 2.24) is 10.2 Å². The molecule has 1 heterocycles. The van der Waals surface area contributed by atoms with Crippen LogP contribution < -0.4 is 11.1 Å². The van der Waals surface area contributed by atoms with Gasteiger partial charge in [-0.3, -0.25) is 9.59 Å². The average Bonchev–Trinajstić information content (AvgIpc) is 2.87. The van der Waals surface area contributed by atoms with Gasteiger partial charge >= 0.3 is 0 Å². The molecule has 1 saturated heterocycles. The number of nitrogens with one attached hydrogen (secondary N) is 1. The van der Waals surface area contributed by atoms with E-state index in [9.17, 15) is 9.59 Å². The van der Waals surface area contributed by atoms with Crippen LogP contribution in [0, 0.1) is 0 Å². The van der Waals surface area contributed by atoms with Gasteiger partial charge in [0, 0.05) is 19.1 Å². The minimum Gasteiger partial charge on any atom is -0.340 e. The Hall–Kier alpha value is -1.01. The summed E-state index contributed by atoms with van der Waals surface area (Å²) in [6.07, 6.45) is 0.784. The Morgan fingerprint density at radius 3 is 2.68 bits per heavy atom. The lowest BCUT2D eigenvalue weighted by Crippen LogP contribution is -2.46. The molecular formula is C14H18Cl3N3O2. The zero-order valence-electron chi connectivity index (χ0n) is 12.0. The van der Waals surface area contributed by atoms with Crippen molar-refractivity contribution < 1.29 is 9.59 Å². The second kappa shape index (κ2) is 8.02. The van der Waals surface area contributed by atoms with Gasteiger partial charge in [0.15, 0.2) is 0 Å². The Bertz CT molecular complexity index is 568. The van der Waals surface area contributed by atoms with Crippen LogP contribution in [0.25, 0.3) is 0 Å². The lowest BCUT2D eigenvalue weighted by molar-refractivity contribution is -0.131. The summed E-state index contributed by atoms with van der Waals surface area (Å²) in [6, 6.07) is 4.17. The van der Waals surface area contributed by atoms with E-state index in [1.807, 2.05) is 0 Å². The van der Waals surface area contributed by atoms with E-state index in [1.54, 1.807) is 30.0 Å². The van der Waals surface area contributed by atoms with Crippen LogP contribution in [0.3, 0.4) is 0 Å². The molecule has 1 aliphatic heterocycles. The van der Waals surface area contributed by atoms with Gasteiger partial charge in [0.2, 0.25) is 5.91 Å². The molecule has 3 N–H and O–H groups in total. The molecule has 1 aliphatic rings. The third kappa shape index (κ3) is 4.26. The van der Waals surface area contributed by atoms with Gasteiger partial charge in [-0.05, 0) is 25.5 Å².